The summed E-state index contributed by atoms with van der Waals surface area (Å²) in [7, 11) is 0. The normalized spacial score (nSPS) is 17.4. The van der Waals surface area contributed by atoms with Gasteiger partial charge in [0.25, 0.3) is 0 Å². The van der Waals surface area contributed by atoms with E-state index >= 15 is 0 Å². The first-order valence-electron chi connectivity index (χ1n) is 6.30. The Morgan fingerprint density at radius 1 is 1.29 bits per heavy atom. The van der Waals surface area contributed by atoms with Gasteiger partial charge in [-0.3, -0.25) is 0 Å². The molecule has 1 aromatic heterocycles. The number of nitrogens with zero attached hydrogens (tertiary/aromatic N) is 2. The average molecular weight is 341 g/mol. The summed E-state index contributed by atoms with van der Waals surface area (Å²) >= 11 is 11.3. The predicted octanol–water partition coefficient (Wildman–Crippen LogP) is 4.66. The number of aromatic nitrogens is 2. The molecule has 0 amide bonds. The third-order valence-electron chi connectivity index (χ3n) is 3.76. The van der Waals surface area contributed by atoms with E-state index in [-0.39, 0.29) is 47.0 Å². The van der Waals surface area contributed by atoms with Gasteiger partial charge in [0.2, 0.25) is 0 Å². The number of aryl methyl sites for hydroxylation is 1. The third-order valence-corrected chi connectivity index (χ3v) is 4.24. The Kier molecular flexibility index (Phi) is 3.37. The second-order valence-corrected chi connectivity index (χ2v) is 5.87. The molecule has 114 valence electrons. The number of alkyl halides is 4. The van der Waals surface area contributed by atoms with Crippen LogP contribution < -0.4 is 0 Å². The van der Waals surface area contributed by atoms with E-state index in [0.29, 0.717) is 0 Å². The van der Waals surface area contributed by atoms with E-state index in [1.807, 2.05) is 0 Å². The van der Waals surface area contributed by atoms with Crippen molar-refractivity contribution in [1.82, 2.24) is 9.55 Å². The zero-order chi connectivity index (χ0) is 15.4. The Bertz CT molecular complexity index is 704. The maximum atomic E-state index is 13.6. The number of hydrogen-bond donors (Lipinski definition) is 0. The summed E-state index contributed by atoms with van der Waals surface area (Å²) in [5.41, 5.74) is -1.65. The van der Waals surface area contributed by atoms with Crippen molar-refractivity contribution >= 4 is 34.2 Å². The Hall–Kier alpha value is -1.01. The molecular weight excluding hydrogens is 331 g/mol. The summed E-state index contributed by atoms with van der Waals surface area (Å²) in [6, 6.07) is 2.25. The van der Waals surface area contributed by atoms with Crippen LogP contribution in [0.2, 0.25) is 5.02 Å². The van der Waals surface area contributed by atoms with Gasteiger partial charge in [-0.15, -0.1) is 11.6 Å². The van der Waals surface area contributed by atoms with E-state index in [0.717, 1.165) is 10.6 Å². The quantitative estimate of drug-likeness (QED) is 0.586. The SMILES string of the molecule is Fc1cc2c(cc1Cl)nc(CCCl)n2C1(C(F)(F)F)CC1. The van der Waals surface area contributed by atoms with Gasteiger partial charge in [0.05, 0.1) is 16.1 Å². The Morgan fingerprint density at radius 2 is 1.95 bits per heavy atom. The molecule has 2 nitrogen and oxygen atoms in total. The zero-order valence-corrected chi connectivity index (χ0v) is 12.2. The van der Waals surface area contributed by atoms with Gasteiger partial charge in [0.15, 0.2) is 0 Å². The predicted molar refractivity (Wildman–Crippen MR) is 72.4 cm³/mol. The second kappa shape index (κ2) is 4.74. The fraction of sp³-hybridized carbons (Fsp3) is 0.462. The summed E-state index contributed by atoms with van der Waals surface area (Å²) in [5, 5.41) is -0.165. The number of fused-ring (bicyclic) bond motifs is 1. The summed E-state index contributed by atoms with van der Waals surface area (Å²) in [6.07, 6.45) is -4.33. The largest absolute Gasteiger partial charge is 0.412 e. The highest BCUT2D eigenvalue weighted by molar-refractivity contribution is 6.31. The maximum Gasteiger partial charge on any atom is 0.412 e. The molecule has 0 bridgehead atoms. The van der Waals surface area contributed by atoms with Gasteiger partial charge in [-0.05, 0) is 18.9 Å². The van der Waals surface area contributed by atoms with Gasteiger partial charge in [-0.2, -0.15) is 13.2 Å². The number of hydrogen-bond acceptors (Lipinski definition) is 1. The van der Waals surface area contributed by atoms with Gasteiger partial charge in [0, 0.05) is 18.4 Å². The highest BCUT2D eigenvalue weighted by Gasteiger charge is 2.65. The van der Waals surface area contributed by atoms with Gasteiger partial charge >= 0.3 is 6.18 Å². The van der Waals surface area contributed by atoms with Crippen molar-refractivity contribution in [2.75, 3.05) is 5.88 Å². The molecule has 1 fully saturated rings. The van der Waals surface area contributed by atoms with Crippen molar-refractivity contribution in [2.24, 2.45) is 0 Å². The first-order chi connectivity index (χ1) is 9.80. The monoisotopic (exact) mass is 340 g/mol. The Balaban J connectivity index is 2.29. The molecule has 1 heterocycles. The number of imidazole rings is 1. The van der Waals surface area contributed by atoms with Crippen molar-refractivity contribution in [3.05, 3.63) is 28.8 Å². The van der Waals surface area contributed by atoms with Gasteiger partial charge in [-0.1, -0.05) is 11.6 Å². The summed E-state index contributed by atoms with van der Waals surface area (Å²) in [6.45, 7) is 0. The van der Waals surface area contributed by atoms with E-state index in [1.165, 1.54) is 6.07 Å². The van der Waals surface area contributed by atoms with Crippen LogP contribution >= 0.6 is 23.2 Å². The fourth-order valence-electron chi connectivity index (χ4n) is 2.60. The summed E-state index contributed by atoms with van der Waals surface area (Å²) in [4.78, 5) is 4.15. The van der Waals surface area contributed by atoms with Gasteiger partial charge in [-0.25, -0.2) is 9.37 Å². The molecular formula is C13H10Cl2F4N2. The van der Waals surface area contributed by atoms with E-state index in [9.17, 15) is 17.6 Å². The van der Waals surface area contributed by atoms with Crippen LogP contribution in [0.3, 0.4) is 0 Å². The molecule has 1 aromatic carbocycles. The minimum Gasteiger partial charge on any atom is -0.312 e. The number of rotatable bonds is 3. The summed E-state index contributed by atoms with van der Waals surface area (Å²) < 4.78 is 54.9. The molecule has 0 radical (unpaired) electrons. The first-order valence-corrected chi connectivity index (χ1v) is 7.21. The van der Waals surface area contributed by atoms with Crippen LogP contribution in [-0.2, 0) is 12.0 Å². The van der Waals surface area contributed by atoms with Crippen molar-refractivity contribution < 1.29 is 17.6 Å². The Morgan fingerprint density at radius 3 is 2.48 bits per heavy atom. The van der Waals surface area contributed by atoms with Gasteiger partial charge < -0.3 is 4.57 Å². The lowest BCUT2D eigenvalue weighted by molar-refractivity contribution is -0.179. The molecule has 1 aliphatic rings. The van der Waals surface area contributed by atoms with Gasteiger partial charge in [0.1, 0.15) is 17.2 Å². The van der Waals surface area contributed by atoms with E-state index < -0.39 is 17.5 Å². The second-order valence-electron chi connectivity index (χ2n) is 5.09. The highest BCUT2D eigenvalue weighted by Crippen LogP contribution is 2.57. The van der Waals surface area contributed by atoms with E-state index in [1.54, 1.807) is 0 Å². The van der Waals surface area contributed by atoms with Crippen LogP contribution in [0, 0.1) is 5.82 Å². The van der Waals surface area contributed by atoms with Crippen LogP contribution in [0.25, 0.3) is 11.0 Å². The molecule has 0 aliphatic heterocycles. The Labute approximate surface area is 127 Å². The molecule has 0 unspecified atom stereocenters. The molecule has 0 saturated heterocycles. The van der Waals surface area contributed by atoms with E-state index in [2.05, 4.69) is 4.98 Å². The van der Waals surface area contributed by atoms with Crippen LogP contribution in [0.4, 0.5) is 17.6 Å². The molecule has 21 heavy (non-hydrogen) atoms. The number of benzene rings is 1. The molecule has 3 rings (SSSR count). The highest BCUT2D eigenvalue weighted by atomic mass is 35.5. The lowest BCUT2D eigenvalue weighted by atomic mass is 10.2. The van der Waals surface area contributed by atoms with Crippen molar-refractivity contribution in [3.63, 3.8) is 0 Å². The standard InChI is InChI=1S/C13H10Cl2F4N2/c14-4-1-11-20-9-5-7(15)8(16)6-10(9)21(11)12(2-3-12)13(17,18)19/h5-6H,1-4H2. The number of halogens is 6. The minimum absolute atomic E-state index is 0.0402. The van der Waals surface area contributed by atoms with Crippen molar-refractivity contribution in [1.29, 1.82) is 0 Å². The molecule has 0 atom stereocenters. The maximum absolute atomic E-state index is 13.6. The molecule has 0 spiro atoms. The van der Waals surface area contributed by atoms with Crippen LogP contribution in [0.5, 0.6) is 0 Å². The van der Waals surface area contributed by atoms with Crippen LogP contribution in [0.15, 0.2) is 12.1 Å². The molecule has 1 aliphatic carbocycles. The third kappa shape index (κ3) is 2.19. The van der Waals surface area contributed by atoms with E-state index in [4.69, 9.17) is 23.2 Å². The first kappa shape index (κ1) is 14.9. The van der Waals surface area contributed by atoms with Crippen molar-refractivity contribution in [2.45, 2.75) is 31.0 Å². The lowest BCUT2D eigenvalue weighted by Gasteiger charge is -2.23. The zero-order valence-electron chi connectivity index (χ0n) is 10.6. The topological polar surface area (TPSA) is 17.8 Å². The summed E-state index contributed by atoms with van der Waals surface area (Å²) in [5.74, 6) is -0.426. The molecule has 8 heteroatoms. The smallest absolute Gasteiger partial charge is 0.312 e. The molecule has 2 aromatic rings. The molecule has 1 saturated carbocycles. The van der Waals surface area contributed by atoms with Crippen molar-refractivity contribution in [3.8, 4) is 0 Å². The minimum atomic E-state index is -4.42. The fourth-order valence-corrected chi connectivity index (χ4v) is 2.93. The molecule has 0 N–H and O–H groups in total. The van der Waals surface area contributed by atoms with Crippen LogP contribution in [0.1, 0.15) is 18.7 Å². The van der Waals surface area contributed by atoms with Crippen LogP contribution in [-0.4, -0.2) is 21.6 Å². The average Bonchev–Trinajstić information content (AvgIpc) is 3.11. The lowest BCUT2D eigenvalue weighted by Crippen LogP contribution is -2.36.